The summed E-state index contributed by atoms with van der Waals surface area (Å²) in [6.45, 7) is 1.63. The molecule has 0 saturated heterocycles. The van der Waals surface area contributed by atoms with E-state index in [1.54, 1.807) is 13.0 Å². The second-order valence-corrected chi connectivity index (χ2v) is 7.20. The van der Waals surface area contributed by atoms with Gasteiger partial charge in [0.25, 0.3) is 0 Å². The number of aliphatic hydroxyl groups is 1. The van der Waals surface area contributed by atoms with Gasteiger partial charge in [-0.15, -0.1) is 0 Å². The van der Waals surface area contributed by atoms with Crippen molar-refractivity contribution in [3.8, 4) is 5.75 Å². The van der Waals surface area contributed by atoms with Crippen molar-refractivity contribution < 1.29 is 37.6 Å². The minimum atomic E-state index is -1.40. The highest BCUT2D eigenvalue weighted by Gasteiger charge is 2.46. The number of hydrogen-bond donors (Lipinski definition) is 2. The molecular formula is C21H22F3NO5. The molecule has 0 radical (unpaired) electrons. The Bertz CT molecular complexity index is 947. The normalized spacial score (nSPS) is 14.3. The van der Waals surface area contributed by atoms with Crippen LogP contribution in [0.1, 0.15) is 41.6 Å². The first-order chi connectivity index (χ1) is 14.3. The highest BCUT2D eigenvalue weighted by atomic mass is 19.2. The highest BCUT2D eigenvalue weighted by molar-refractivity contribution is 5.99. The van der Waals surface area contributed by atoms with Gasteiger partial charge in [-0.1, -0.05) is 6.07 Å². The van der Waals surface area contributed by atoms with Crippen molar-refractivity contribution in [2.45, 2.75) is 38.2 Å². The number of benzene rings is 2. The van der Waals surface area contributed by atoms with Gasteiger partial charge in [0.2, 0.25) is 0 Å². The number of aryl methyl sites for hydroxylation is 1. The molecule has 0 heterocycles. The highest BCUT2D eigenvalue weighted by Crippen LogP contribution is 2.44. The second kappa shape index (κ2) is 8.93. The Kier molecular flexibility index (Phi) is 6.52. The molecule has 1 fully saturated rings. The number of carbonyl (C=O) groups excluding carboxylic acids is 1. The summed E-state index contributed by atoms with van der Waals surface area (Å²) in [6, 6.07) is 4.80. The lowest BCUT2D eigenvalue weighted by Crippen LogP contribution is -2.20. The van der Waals surface area contributed by atoms with Crippen LogP contribution in [0.5, 0.6) is 5.75 Å². The molecule has 1 aliphatic rings. The van der Waals surface area contributed by atoms with Crippen LogP contribution in [0.25, 0.3) is 0 Å². The third-order valence-corrected chi connectivity index (χ3v) is 4.88. The Labute approximate surface area is 171 Å². The van der Waals surface area contributed by atoms with Crippen molar-refractivity contribution in [1.82, 2.24) is 0 Å². The molecule has 0 bridgehead atoms. The van der Waals surface area contributed by atoms with E-state index in [-0.39, 0.29) is 18.0 Å². The van der Waals surface area contributed by atoms with Crippen molar-refractivity contribution in [1.29, 1.82) is 0 Å². The predicted molar refractivity (Wildman–Crippen MR) is 102 cm³/mol. The van der Waals surface area contributed by atoms with Crippen LogP contribution in [-0.4, -0.2) is 30.4 Å². The summed E-state index contributed by atoms with van der Waals surface area (Å²) in [5.41, 5.74) is -1.34. The molecule has 3 rings (SSSR count). The van der Waals surface area contributed by atoms with E-state index in [0.29, 0.717) is 37.3 Å². The van der Waals surface area contributed by atoms with Crippen molar-refractivity contribution in [3.63, 3.8) is 0 Å². The molecule has 9 heteroatoms. The van der Waals surface area contributed by atoms with E-state index < -0.39 is 40.3 Å². The number of hydrogen-bond acceptors (Lipinski definition) is 6. The predicted octanol–water partition coefficient (Wildman–Crippen LogP) is 4.56. The van der Waals surface area contributed by atoms with Gasteiger partial charge in [-0.2, -0.15) is 4.89 Å². The summed E-state index contributed by atoms with van der Waals surface area (Å²) in [6.07, 6.45) is 2.21. The Morgan fingerprint density at radius 2 is 1.93 bits per heavy atom. The zero-order chi connectivity index (χ0) is 21.9. The van der Waals surface area contributed by atoms with Gasteiger partial charge in [0.15, 0.2) is 11.6 Å². The van der Waals surface area contributed by atoms with Crippen LogP contribution in [0.15, 0.2) is 24.3 Å². The molecule has 0 atom stereocenters. The molecule has 0 aromatic heterocycles. The minimum absolute atomic E-state index is 0.0355. The van der Waals surface area contributed by atoms with Crippen LogP contribution in [0.4, 0.5) is 24.5 Å². The average molecular weight is 425 g/mol. The maximum Gasteiger partial charge on any atom is 0.379 e. The van der Waals surface area contributed by atoms with Gasteiger partial charge in [-0.3, -0.25) is 4.89 Å². The van der Waals surface area contributed by atoms with E-state index in [2.05, 4.69) is 5.32 Å². The van der Waals surface area contributed by atoms with Crippen LogP contribution >= 0.6 is 0 Å². The average Bonchev–Trinajstić information content (AvgIpc) is 3.49. The fourth-order valence-corrected chi connectivity index (χ4v) is 3.02. The molecular weight excluding hydrogens is 403 g/mol. The number of rotatable bonds is 9. The summed E-state index contributed by atoms with van der Waals surface area (Å²) in [7, 11) is 1.17. The van der Waals surface area contributed by atoms with Crippen LogP contribution < -0.4 is 10.1 Å². The van der Waals surface area contributed by atoms with Gasteiger partial charge in [-0.05, 0) is 50.3 Å². The molecule has 6 nitrogen and oxygen atoms in total. The number of nitrogens with one attached hydrogen (secondary N) is 1. The molecule has 30 heavy (non-hydrogen) atoms. The Morgan fingerprint density at radius 1 is 1.20 bits per heavy atom. The van der Waals surface area contributed by atoms with E-state index in [0.717, 1.165) is 0 Å². The smallest absolute Gasteiger partial charge is 0.379 e. The summed E-state index contributed by atoms with van der Waals surface area (Å²) >= 11 is 0. The quantitative estimate of drug-likeness (QED) is 0.453. The van der Waals surface area contributed by atoms with Crippen molar-refractivity contribution in [2.75, 3.05) is 19.0 Å². The fourth-order valence-electron chi connectivity index (χ4n) is 3.02. The summed E-state index contributed by atoms with van der Waals surface area (Å²) in [5, 5.41) is 11.4. The van der Waals surface area contributed by atoms with E-state index in [1.165, 1.54) is 19.2 Å². The third-order valence-electron chi connectivity index (χ3n) is 4.88. The monoisotopic (exact) mass is 425 g/mol. The van der Waals surface area contributed by atoms with Crippen molar-refractivity contribution in [3.05, 3.63) is 52.8 Å². The fraction of sp³-hybridized carbons (Fsp3) is 0.381. The lowest BCUT2D eigenvalue weighted by molar-refractivity contribution is -0.287. The van der Waals surface area contributed by atoms with E-state index in [1.807, 2.05) is 0 Å². The van der Waals surface area contributed by atoms with Crippen molar-refractivity contribution in [2.24, 2.45) is 0 Å². The van der Waals surface area contributed by atoms with Gasteiger partial charge >= 0.3 is 5.97 Å². The Hall–Kier alpha value is -2.78. The number of carbonyl (C=O) groups is 1. The number of halogens is 3. The van der Waals surface area contributed by atoms with Gasteiger partial charge in [0, 0.05) is 12.7 Å². The maximum absolute atomic E-state index is 14.6. The molecule has 0 amide bonds. The largest absolute Gasteiger partial charge is 0.496 e. The SMILES string of the molecule is COc1cc(F)c(F)c(Nc2ccc(C)cc2F)c1C(=O)OOC1(CCCO)CC1. The number of aliphatic hydroxyl groups excluding tert-OH is 1. The lowest BCUT2D eigenvalue weighted by atomic mass is 10.1. The molecule has 0 unspecified atom stereocenters. The molecule has 2 aromatic carbocycles. The van der Waals surface area contributed by atoms with Gasteiger partial charge in [0.1, 0.15) is 22.7 Å². The number of methoxy groups -OCH3 is 1. The molecule has 2 N–H and O–H groups in total. The molecule has 0 aliphatic heterocycles. The molecule has 162 valence electrons. The first-order valence-electron chi connectivity index (χ1n) is 9.40. The zero-order valence-electron chi connectivity index (χ0n) is 16.6. The standard InChI is InChI=1S/C21H22F3NO5/c1-12-4-5-15(13(22)10-12)25-19-17(16(28-2)11-14(23)18(19)24)20(27)29-30-21(7-8-21)6-3-9-26/h4-5,10-11,25-26H,3,6-9H2,1-2H3. The first-order valence-corrected chi connectivity index (χ1v) is 9.40. The molecule has 2 aromatic rings. The summed E-state index contributed by atoms with van der Waals surface area (Å²) < 4.78 is 47.9. The van der Waals surface area contributed by atoms with E-state index in [4.69, 9.17) is 19.6 Å². The van der Waals surface area contributed by atoms with Crippen LogP contribution in [0.2, 0.25) is 0 Å². The minimum Gasteiger partial charge on any atom is -0.496 e. The lowest BCUT2D eigenvalue weighted by Gasteiger charge is -2.18. The summed E-state index contributed by atoms with van der Waals surface area (Å²) in [4.78, 5) is 22.8. The molecule has 0 spiro atoms. The van der Waals surface area contributed by atoms with Crippen LogP contribution in [0, 0.1) is 24.4 Å². The van der Waals surface area contributed by atoms with Crippen molar-refractivity contribution >= 4 is 17.3 Å². The number of anilines is 2. The first kappa shape index (κ1) is 21.9. The topological polar surface area (TPSA) is 77.0 Å². The van der Waals surface area contributed by atoms with E-state index >= 15 is 0 Å². The Morgan fingerprint density at radius 3 is 2.53 bits per heavy atom. The molecule has 1 aliphatic carbocycles. The second-order valence-electron chi connectivity index (χ2n) is 7.20. The van der Waals surface area contributed by atoms with Gasteiger partial charge < -0.3 is 15.2 Å². The molecule has 1 saturated carbocycles. The zero-order valence-corrected chi connectivity index (χ0v) is 16.6. The van der Waals surface area contributed by atoms with Crippen LogP contribution in [-0.2, 0) is 9.78 Å². The van der Waals surface area contributed by atoms with E-state index in [9.17, 15) is 18.0 Å². The van der Waals surface area contributed by atoms with Gasteiger partial charge in [-0.25, -0.2) is 18.0 Å². The van der Waals surface area contributed by atoms with Gasteiger partial charge in [0.05, 0.1) is 18.5 Å². The summed E-state index contributed by atoms with van der Waals surface area (Å²) in [5.74, 6) is -4.84. The third kappa shape index (κ3) is 4.68. The maximum atomic E-state index is 14.6. The Balaban J connectivity index is 1.92. The number of ether oxygens (including phenoxy) is 1. The van der Waals surface area contributed by atoms with Crippen LogP contribution in [0.3, 0.4) is 0 Å².